The lowest BCUT2D eigenvalue weighted by Crippen LogP contribution is -2.51. The Bertz CT molecular complexity index is 369. The second-order valence-corrected chi connectivity index (χ2v) is 7.71. The first-order chi connectivity index (χ1) is 7.62. The van der Waals surface area contributed by atoms with E-state index >= 15 is 0 Å². The van der Waals surface area contributed by atoms with Gasteiger partial charge >= 0.3 is 0 Å². The van der Waals surface area contributed by atoms with Crippen LogP contribution in [-0.2, 0) is 10.0 Å². The quantitative estimate of drug-likeness (QED) is 0.778. The van der Waals surface area contributed by atoms with Crippen LogP contribution in [0.3, 0.4) is 0 Å². The Hall–Kier alpha value is -0.130. The molecule has 1 N–H and O–H groups in total. The van der Waals surface area contributed by atoms with Crippen LogP contribution in [0.15, 0.2) is 0 Å². The van der Waals surface area contributed by atoms with E-state index in [1.54, 1.807) is 4.31 Å². The van der Waals surface area contributed by atoms with Crippen LogP contribution < -0.4 is 5.32 Å². The molecule has 92 valence electrons. The van der Waals surface area contributed by atoms with Gasteiger partial charge in [-0.1, -0.05) is 6.42 Å². The fraction of sp³-hybridized carbons (Fsp3) is 1.00. The summed E-state index contributed by atoms with van der Waals surface area (Å²) in [5.41, 5.74) is 0.111. The van der Waals surface area contributed by atoms with E-state index in [1.807, 2.05) is 0 Å². The van der Waals surface area contributed by atoms with Gasteiger partial charge in [0.2, 0.25) is 10.0 Å². The van der Waals surface area contributed by atoms with Crippen molar-refractivity contribution in [3.05, 3.63) is 0 Å². The summed E-state index contributed by atoms with van der Waals surface area (Å²) in [6.07, 6.45) is 6.36. The largest absolute Gasteiger partial charge is 0.310 e. The predicted molar refractivity (Wildman–Crippen MR) is 62.7 cm³/mol. The highest BCUT2D eigenvalue weighted by Crippen LogP contribution is 2.37. The molecule has 1 unspecified atom stereocenters. The van der Waals surface area contributed by atoms with Crippen LogP contribution in [0.25, 0.3) is 0 Å². The van der Waals surface area contributed by atoms with Gasteiger partial charge in [0.1, 0.15) is 0 Å². The van der Waals surface area contributed by atoms with Gasteiger partial charge in [0.25, 0.3) is 0 Å². The van der Waals surface area contributed by atoms with Crippen molar-refractivity contribution in [3.8, 4) is 0 Å². The van der Waals surface area contributed by atoms with Crippen LogP contribution in [0.1, 0.15) is 38.5 Å². The van der Waals surface area contributed by atoms with Gasteiger partial charge in [-0.05, 0) is 38.6 Å². The van der Waals surface area contributed by atoms with E-state index in [4.69, 9.17) is 0 Å². The Morgan fingerprint density at radius 2 is 2.00 bits per heavy atom. The molecule has 0 aromatic heterocycles. The molecule has 1 spiro atoms. The fourth-order valence-corrected chi connectivity index (χ4v) is 4.93. The maximum Gasteiger partial charge on any atom is 0.217 e. The van der Waals surface area contributed by atoms with E-state index in [1.165, 1.54) is 12.8 Å². The van der Waals surface area contributed by atoms with E-state index in [2.05, 4.69) is 5.32 Å². The van der Waals surface area contributed by atoms with Gasteiger partial charge in [0, 0.05) is 18.6 Å². The van der Waals surface area contributed by atoms with Crippen molar-refractivity contribution in [3.63, 3.8) is 0 Å². The fourth-order valence-electron chi connectivity index (χ4n) is 3.01. The molecule has 0 bridgehead atoms. The topological polar surface area (TPSA) is 49.4 Å². The minimum atomic E-state index is -2.95. The maximum absolute atomic E-state index is 12.1. The molecule has 5 heteroatoms. The van der Waals surface area contributed by atoms with Crippen molar-refractivity contribution in [2.24, 2.45) is 0 Å². The molecule has 3 aliphatic rings. The molecule has 1 atom stereocenters. The second kappa shape index (κ2) is 3.68. The lowest BCUT2D eigenvalue weighted by atomic mass is 9.88. The van der Waals surface area contributed by atoms with E-state index in [9.17, 15) is 8.42 Å². The third kappa shape index (κ3) is 1.79. The molecule has 0 aromatic carbocycles. The lowest BCUT2D eigenvalue weighted by molar-refractivity contribution is 0.266. The Morgan fingerprint density at radius 3 is 2.62 bits per heavy atom. The van der Waals surface area contributed by atoms with Gasteiger partial charge in [-0.3, -0.25) is 0 Å². The number of sulfonamides is 1. The number of rotatable bonds is 2. The van der Waals surface area contributed by atoms with Gasteiger partial charge in [0.15, 0.2) is 0 Å². The van der Waals surface area contributed by atoms with E-state index in [0.717, 1.165) is 38.8 Å². The summed E-state index contributed by atoms with van der Waals surface area (Å²) in [6.45, 7) is 2.50. The Kier molecular flexibility index (Phi) is 2.53. The number of hydrogen-bond acceptors (Lipinski definition) is 3. The second-order valence-electron chi connectivity index (χ2n) is 5.49. The highest BCUT2D eigenvalue weighted by molar-refractivity contribution is 7.90. The van der Waals surface area contributed by atoms with Crippen LogP contribution in [0.5, 0.6) is 0 Å². The van der Waals surface area contributed by atoms with Crippen LogP contribution in [0.2, 0.25) is 0 Å². The monoisotopic (exact) mass is 244 g/mol. The molecule has 2 heterocycles. The molecular weight excluding hydrogens is 224 g/mol. The first kappa shape index (κ1) is 11.0. The van der Waals surface area contributed by atoms with Crippen LogP contribution >= 0.6 is 0 Å². The van der Waals surface area contributed by atoms with Crippen LogP contribution in [-0.4, -0.2) is 43.1 Å². The standard InChI is InChI=1S/C11H20N2O2S/c14-16(15,10-3-4-10)13-8-6-11(9-13)5-1-2-7-12-11/h10,12H,1-9H2. The first-order valence-electron chi connectivity index (χ1n) is 6.36. The maximum atomic E-state index is 12.1. The summed E-state index contributed by atoms with van der Waals surface area (Å²) < 4.78 is 26.0. The number of piperidine rings is 1. The van der Waals surface area contributed by atoms with Crippen molar-refractivity contribution >= 4 is 10.0 Å². The predicted octanol–water partition coefficient (Wildman–Crippen LogP) is 0.697. The zero-order valence-corrected chi connectivity index (χ0v) is 10.4. The Labute approximate surface area is 97.4 Å². The normalized spacial score (nSPS) is 37.0. The number of nitrogens with zero attached hydrogens (tertiary/aromatic N) is 1. The van der Waals surface area contributed by atoms with Crippen molar-refractivity contribution < 1.29 is 8.42 Å². The zero-order valence-electron chi connectivity index (χ0n) is 9.61. The first-order valence-corrected chi connectivity index (χ1v) is 7.87. The van der Waals surface area contributed by atoms with E-state index < -0.39 is 10.0 Å². The summed E-state index contributed by atoms with van der Waals surface area (Å²) in [7, 11) is -2.95. The van der Waals surface area contributed by atoms with Crippen molar-refractivity contribution in [2.45, 2.75) is 49.3 Å². The average molecular weight is 244 g/mol. The third-order valence-corrected chi connectivity index (χ3v) is 6.55. The Balaban J connectivity index is 1.72. The molecule has 2 saturated heterocycles. The third-order valence-electron chi connectivity index (χ3n) is 4.21. The summed E-state index contributed by atoms with van der Waals surface area (Å²) in [4.78, 5) is 0. The van der Waals surface area contributed by atoms with Gasteiger partial charge in [0.05, 0.1) is 5.25 Å². The SMILES string of the molecule is O=S(=O)(C1CC1)N1CCC2(CCCCN2)C1. The molecular formula is C11H20N2O2S. The molecule has 4 nitrogen and oxygen atoms in total. The molecule has 0 aromatic rings. The molecule has 2 aliphatic heterocycles. The summed E-state index contributed by atoms with van der Waals surface area (Å²) in [5, 5.41) is 3.50. The van der Waals surface area contributed by atoms with Gasteiger partial charge < -0.3 is 5.32 Å². The van der Waals surface area contributed by atoms with Gasteiger partial charge in [-0.25, -0.2) is 8.42 Å². The zero-order chi connectivity index (χ0) is 11.2. The van der Waals surface area contributed by atoms with Crippen LogP contribution in [0.4, 0.5) is 0 Å². The van der Waals surface area contributed by atoms with Crippen molar-refractivity contribution in [2.75, 3.05) is 19.6 Å². The lowest BCUT2D eigenvalue weighted by Gasteiger charge is -2.34. The molecule has 3 rings (SSSR count). The molecule has 3 fully saturated rings. The van der Waals surface area contributed by atoms with Crippen LogP contribution in [0, 0.1) is 0 Å². The minimum Gasteiger partial charge on any atom is -0.310 e. The number of nitrogens with one attached hydrogen (secondary N) is 1. The minimum absolute atomic E-state index is 0.0498. The highest BCUT2D eigenvalue weighted by atomic mass is 32.2. The Morgan fingerprint density at radius 1 is 1.19 bits per heavy atom. The average Bonchev–Trinajstić information content (AvgIpc) is 3.05. The van der Waals surface area contributed by atoms with Gasteiger partial charge in [-0.15, -0.1) is 0 Å². The molecule has 0 radical (unpaired) electrons. The smallest absolute Gasteiger partial charge is 0.217 e. The van der Waals surface area contributed by atoms with E-state index in [-0.39, 0.29) is 10.8 Å². The molecule has 16 heavy (non-hydrogen) atoms. The van der Waals surface area contributed by atoms with E-state index in [0.29, 0.717) is 6.54 Å². The summed E-state index contributed by atoms with van der Waals surface area (Å²) in [5.74, 6) is 0. The van der Waals surface area contributed by atoms with Crippen molar-refractivity contribution in [1.82, 2.24) is 9.62 Å². The molecule has 1 aliphatic carbocycles. The summed E-state index contributed by atoms with van der Waals surface area (Å²) >= 11 is 0. The van der Waals surface area contributed by atoms with Crippen molar-refractivity contribution in [1.29, 1.82) is 0 Å². The highest BCUT2D eigenvalue weighted by Gasteiger charge is 2.47. The summed E-state index contributed by atoms with van der Waals surface area (Å²) in [6, 6.07) is 0. The molecule has 1 saturated carbocycles. The van der Waals surface area contributed by atoms with Gasteiger partial charge in [-0.2, -0.15) is 4.31 Å². The number of hydrogen-bond donors (Lipinski definition) is 1. The molecule has 0 amide bonds.